The van der Waals surface area contributed by atoms with E-state index in [0.717, 1.165) is 0 Å². The van der Waals surface area contributed by atoms with E-state index in [1.807, 2.05) is 0 Å². The predicted octanol–water partition coefficient (Wildman–Crippen LogP) is 0.503. The molecule has 1 amide bonds. The summed E-state index contributed by atoms with van der Waals surface area (Å²) in [4.78, 5) is 25.1. The summed E-state index contributed by atoms with van der Waals surface area (Å²) in [5.41, 5.74) is 0.654. The summed E-state index contributed by atoms with van der Waals surface area (Å²) >= 11 is 0. The molecule has 2 atom stereocenters. The maximum atomic E-state index is 12.8. The summed E-state index contributed by atoms with van der Waals surface area (Å²) in [6, 6.07) is 4.85. The van der Waals surface area contributed by atoms with Crippen molar-refractivity contribution >= 4 is 11.9 Å². The van der Waals surface area contributed by atoms with E-state index in [2.05, 4.69) is 4.74 Å². The molecule has 0 aromatic heterocycles. The van der Waals surface area contributed by atoms with Crippen LogP contribution in [0.5, 0.6) is 0 Å². The second-order valence-electron chi connectivity index (χ2n) is 4.78. The van der Waals surface area contributed by atoms with Crippen LogP contribution in [0.15, 0.2) is 24.3 Å². The molecule has 0 bridgehead atoms. The van der Waals surface area contributed by atoms with E-state index in [1.54, 1.807) is 0 Å². The van der Waals surface area contributed by atoms with Crippen LogP contribution in [0, 0.1) is 5.82 Å². The molecule has 108 valence electrons. The minimum absolute atomic E-state index is 0.0560. The number of hydrogen-bond acceptors (Lipinski definition) is 4. The lowest BCUT2D eigenvalue weighted by Crippen LogP contribution is -2.42. The number of amides is 1. The number of nitrogens with zero attached hydrogens (tertiary/aromatic N) is 1. The highest BCUT2D eigenvalue weighted by Gasteiger charge is 2.39. The quantitative estimate of drug-likeness (QED) is 0.819. The molecule has 0 aliphatic carbocycles. The number of aliphatic hydroxyl groups is 1. The van der Waals surface area contributed by atoms with E-state index in [1.165, 1.54) is 36.3 Å². The van der Waals surface area contributed by atoms with Gasteiger partial charge in [-0.1, -0.05) is 12.1 Å². The lowest BCUT2D eigenvalue weighted by atomic mass is 10.1. The molecular weight excluding hydrogens is 265 g/mol. The molecule has 0 saturated carbocycles. The minimum Gasteiger partial charge on any atom is -0.467 e. The second kappa shape index (κ2) is 6.00. The lowest BCUT2D eigenvalue weighted by molar-refractivity contribution is -0.150. The highest BCUT2D eigenvalue weighted by Crippen LogP contribution is 2.20. The van der Waals surface area contributed by atoms with E-state index in [0.29, 0.717) is 5.56 Å². The minimum atomic E-state index is -0.747. The number of benzene rings is 1. The molecule has 6 heteroatoms. The fourth-order valence-corrected chi connectivity index (χ4v) is 2.33. The smallest absolute Gasteiger partial charge is 0.328 e. The molecule has 1 saturated heterocycles. The average Bonchev–Trinajstić information content (AvgIpc) is 2.82. The summed E-state index contributed by atoms with van der Waals surface area (Å²) in [6.45, 7) is 0.111. The van der Waals surface area contributed by atoms with E-state index < -0.39 is 18.1 Å². The maximum absolute atomic E-state index is 12.8. The third kappa shape index (κ3) is 3.14. The Kier molecular flexibility index (Phi) is 4.34. The van der Waals surface area contributed by atoms with Gasteiger partial charge in [-0.15, -0.1) is 0 Å². The van der Waals surface area contributed by atoms with Gasteiger partial charge in [-0.3, -0.25) is 4.79 Å². The van der Waals surface area contributed by atoms with Gasteiger partial charge in [0.25, 0.3) is 0 Å². The fourth-order valence-electron chi connectivity index (χ4n) is 2.33. The number of carbonyl (C=O) groups is 2. The molecule has 0 spiro atoms. The number of β-amino-alcohol motifs (C(OH)–C–C–N with tert-alkyl or cyclic N) is 1. The van der Waals surface area contributed by atoms with Crippen molar-refractivity contribution in [2.45, 2.75) is 25.0 Å². The van der Waals surface area contributed by atoms with Crippen LogP contribution in [0.1, 0.15) is 12.0 Å². The first-order valence-corrected chi connectivity index (χ1v) is 6.31. The normalized spacial score (nSPS) is 21.9. The first kappa shape index (κ1) is 14.5. The highest BCUT2D eigenvalue weighted by atomic mass is 19.1. The van der Waals surface area contributed by atoms with Gasteiger partial charge in [-0.2, -0.15) is 0 Å². The van der Waals surface area contributed by atoms with Gasteiger partial charge in [0.2, 0.25) is 5.91 Å². The number of esters is 1. The number of aliphatic hydroxyl groups excluding tert-OH is 1. The number of halogens is 1. The molecule has 1 N–H and O–H groups in total. The topological polar surface area (TPSA) is 66.8 Å². The Morgan fingerprint density at radius 1 is 1.40 bits per heavy atom. The van der Waals surface area contributed by atoms with Crippen LogP contribution in [0.4, 0.5) is 4.39 Å². The molecule has 0 radical (unpaired) electrons. The van der Waals surface area contributed by atoms with Gasteiger partial charge in [0.05, 0.1) is 19.6 Å². The predicted molar refractivity (Wildman–Crippen MR) is 68.2 cm³/mol. The number of carbonyl (C=O) groups excluding carboxylic acids is 2. The van der Waals surface area contributed by atoms with Crippen LogP contribution in [0.25, 0.3) is 0 Å². The number of likely N-dealkylation sites (tertiary alicyclic amines) is 1. The summed E-state index contributed by atoms with van der Waals surface area (Å²) in [6.07, 6.45) is -0.487. The zero-order valence-corrected chi connectivity index (χ0v) is 11.1. The van der Waals surface area contributed by atoms with Crippen molar-refractivity contribution < 1.29 is 23.8 Å². The highest BCUT2D eigenvalue weighted by molar-refractivity contribution is 5.86. The summed E-state index contributed by atoms with van der Waals surface area (Å²) in [5.74, 6) is -1.19. The molecule has 20 heavy (non-hydrogen) atoms. The molecule has 5 nitrogen and oxygen atoms in total. The second-order valence-corrected chi connectivity index (χ2v) is 4.78. The van der Waals surface area contributed by atoms with Gasteiger partial charge in [0, 0.05) is 13.0 Å². The lowest BCUT2D eigenvalue weighted by Gasteiger charge is -2.22. The molecule has 1 aromatic carbocycles. The van der Waals surface area contributed by atoms with Crippen LogP contribution in [-0.2, 0) is 20.7 Å². The van der Waals surface area contributed by atoms with Gasteiger partial charge >= 0.3 is 5.97 Å². The van der Waals surface area contributed by atoms with Gasteiger partial charge in [-0.25, -0.2) is 9.18 Å². The molecular formula is C14H16FNO4. The summed E-state index contributed by atoms with van der Waals surface area (Å²) < 4.78 is 17.4. The largest absolute Gasteiger partial charge is 0.467 e. The summed E-state index contributed by atoms with van der Waals surface area (Å²) in [7, 11) is 1.25. The molecule has 1 aliphatic heterocycles. The fraction of sp³-hybridized carbons (Fsp3) is 0.429. The molecule has 2 rings (SSSR count). The van der Waals surface area contributed by atoms with Crippen molar-refractivity contribution in [2.24, 2.45) is 0 Å². The Hall–Kier alpha value is -1.95. The molecule has 1 fully saturated rings. The molecule has 1 aromatic rings. The number of rotatable bonds is 3. The zero-order chi connectivity index (χ0) is 14.7. The third-order valence-electron chi connectivity index (χ3n) is 3.34. The van der Waals surface area contributed by atoms with Gasteiger partial charge in [-0.05, 0) is 17.7 Å². The zero-order valence-electron chi connectivity index (χ0n) is 11.1. The van der Waals surface area contributed by atoms with Crippen molar-refractivity contribution in [3.63, 3.8) is 0 Å². The van der Waals surface area contributed by atoms with Crippen molar-refractivity contribution in [3.05, 3.63) is 35.6 Å². The van der Waals surface area contributed by atoms with Crippen LogP contribution in [0.3, 0.4) is 0 Å². The maximum Gasteiger partial charge on any atom is 0.328 e. The first-order valence-electron chi connectivity index (χ1n) is 6.31. The standard InChI is InChI=1S/C14H16FNO4/c1-20-14(19)12-7-11(17)8-16(12)13(18)6-9-2-4-10(15)5-3-9/h2-5,11-12,17H,6-8H2,1H3. The van der Waals surface area contributed by atoms with Crippen molar-refractivity contribution in [1.29, 1.82) is 0 Å². The third-order valence-corrected chi connectivity index (χ3v) is 3.34. The number of ether oxygens (including phenoxy) is 1. The van der Waals surface area contributed by atoms with Crippen molar-refractivity contribution in [3.8, 4) is 0 Å². The Balaban J connectivity index is 2.07. The van der Waals surface area contributed by atoms with Crippen molar-refractivity contribution in [1.82, 2.24) is 4.90 Å². The Bertz CT molecular complexity index is 502. The monoisotopic (exact) mass is 281 g/mol. The van der Waals surface area contributed by atoms with Gasteiger partial charge in [0.1, 0.15) is 11.9 Å². The van der Waals surface area contributed by atoms with E-state index in [9.17, 15) is 19.1 Å². The molecule has 1 aliphatic rings. The van der Waals surface area contributed by atoms with E-state index in [4.69, 9.17) is 0 Å². The van der Waals surface area contributed by atoms with Crippen LogP contribution in [-0.4, -0.2) is 47.7 Å². The Labute approximate surface area is 116 Å². The van der Waals surface area contributed by atoms with Gasteiger partial charge < -0.3 is 14.7 Å². The van der Waals surface area contributed by atoms with Crippen molar-refractivity contribution in [2.75, 3.05) is 13.7 Å². The van der Waals surface area contributed by atoms with E-state index in [-0.39, 0.29) is 31.1 Å². The first-order chi connectivity index (χ1) is 9.51. The van der Waals surface area contributed by atoms with Crippen LogP contribution < -0.4 is 0 Å². The number of hydrogen-bond donors (Lipinski definition) is 1. The molecule has 2 unspecified atom stereocenters. The average molecular weight is 281 g/mol. The van der Waals surface area contributed by atoms with Crippen LogP contribution >= 0.6 is 0 Å². The summed E-state index contributed by atoms with van der Waals surface area (Å²) in [5, 5.41) is 9.61. The number of methoxy groups -OCH3 is 1. The van der Waals surface area contributed by atoms with E-state index >= 15 is 0 Å². The Morgan fingerprint density at radius 3 is 2.65 bits per heavy atom. The van der Waals surface area contributed by atoms with Crippen LogP contribution in [0.2, 0.25) is 0 Å². The Morgan fingerprint density at radius 2 is 2.05 bits per heavy atom. The molecule has 1 heterocycles. The van der Waals surface area contributed by atoms with Gasteiger partial charge in [0.15, 0.2) is 0 Å². The SMILES string of the molecule is COC(=O)C1CC(O)CN1C(=O)Cc1ccc(F)cc1.